The lowest BCUT2D eigenvalue weighted by molar-refractivity contribution is -0.187. The fourth-order valence-corrected chi connectivity index (χ4v) is 3.68. The number of carboxylic acids is 1. The molecule has 1 aliphatic rings. The number of amides is 1. The monoisotopic (exact) mass is 370 g/mol. The second-order valence-corrected chi connectivity index (χ2v) is 6.55. The number of rotatable bonds is 3. The summed E-state index contributed by atoms with van der Waals surface area (Å²) in [7, 11) is 0. The Kier molecular flexibility index (Phi) is 4.51. The molecule has 0 radical (unpaired) electrons. The van der Waals surface area contributed by atoms with Crippen molar-refractivity contribution in [3.8, 4) is 10.4 Å². The molecule has 1 aromatic heterocycles. The normalized spacial score (nSPS) is 20.7. The minimum Gasteiger partial charge on any atom is -0.481 e. The van der Waals surface area contributed by atoms with Crippen LogP contribution in [0.25, 0.3) is 10.4 Å². The standard InChI is InChI=1S/C16H13F3N2O3S/c17-16(18,19)11-7-21(6-10(11)15(23)24)14(22)12-13(25-8-20-12)9-4-2-1-3-5-9/h1-5,8,10-11H,6-7H2,(H,23,24)/t10-,11-/m1/s1. The molecule has 3 rings (SSSR count). The third-order valence-electron chi connectivity index (χ3n) is 4.15. The summed E-state index contributed by atoms with van der Waals surface area (Å²) in [6.45, 7) is -1.16. The molecule has 1 N–H and O–H groups in total. The van der Waals surface area contributed by atoms with Crippen molar-refractivity contribution < 1.29 is 27.9 Å². The Bertz CT molecular complexity index is 791. The summed E-state index contributed by atoms with van der Waals surface area (Å²) in [4.78, 5) is 29.3. The molecule has 0 saturated carbocycles. The van der Waals surface area contributed by atoms with E-state index < -0.39 is 43.0 Å². The Morgan fingerprint density at radius 3 is 2.44 bits per heavy atom. The first-order valence-corrected chi connectivity index (χ1v) is 8.24. The number of hydrogen-bond acceptors (Lipinski definition) is 4. The van der Waals surface area contributed by atoms with Crippen LogP contribution in [0.2, 0.25) is 0 Å². The number of hydrogen-bond donors (Lipinski definition) is 1. The van der Waals surface area contributed by atoms with Gasteiger partial charge in [-0.2, -0.15) is 13.2 Å². The van der Waals surface area contributed by atoms with Crippen molar-refractivity contribution in [1.82, 2.24) is 9.88 Å². The Morgan fingerprint density at radius 1 is 1.20 bits per heavy atom. The van der Waals surface area contributed by atoms with Crippen molar-refractivity contribution in [2.45, 2.75) is 6.18 Å². The molecule has 9 heteroatoms. The van der Waals surface area contributed by atoms with Crippen LogP contribution in [0.5, 0.6) is 0 Å². The molecular formula is C16H13F3N2O3S. The highest BCUT2D eigenvalue weighted by atomic mass is 32.1. The van der Waals surface area contributed by atoms with E-state index in [1.807, 2.05) is 0 Å². The predicted molar refractivity (Wildman–Crippen MR) is 84.1 cm³/mol. The van der Waals surface area contributed by atoms with Crippen LogP contribution in [0.1, 0.15) is 10.5 Å². The molecule has 1 amide bonds. The average molecular weight is 370 g/mol. The molecule has 1 aromatic carbocycles. The van der Waals surface area contributed by atoms with Crippen LogP contribution in [0.3, 0.4) is 0 Å². The molecule has 0 aliphatic carbocycles. The number of carbonyl (C=O) groups is 2. The van der Waals surface area contributed by atoms with Gasteiger partial charge in [0.1, 0.15) is 5.69 Å². The number of thiazole rings is 1. The Hall–Kier alpha value is -2.42. The SMILES string of the molecule is O=C(O)[C@@H]1CN(C(=O)c2ncsc2-c2ccccc2)C[C@H]1C(F)(F)F. The molecule has 5 nitrogen and oxygen atoms in total. The predicted octanol–water partition coefficient (Wildman–Crippen LogP) is 3.15. The second kappa shape index (κ2) is 6.47. The van der Waals surface area contributed by atoms with E-state index >= 15 is 0 Å². The van der Waals surface area contributed by atoms with Crippen molar-refractivity contribution in [3.63, 3.8) is 0 Å². The zero-order valence-electron chi connectivity index (χ0n) is 12.7. The Labute approximate surface area is 144 Å². The van der Waals surface area contributed by atoms with Gasteiger partial charge in [0.2, 0.25) is 0 Å². The van der Waals surface area contributed by atoms with Gasteiger partial charge in [-0.15, -0.1) is 11.3 Å². The van der Waals surface area contributed by atoms with Crippen molar-refractivity contribution >= 4 is 23.2 Å². The number of likely N-dealkylation sites (tertiary alicyclic amines) is 1. The first-order valence-electron chi connectivity index (χ1n) is 7.36. The van der Waals surface area contributed by atoms with Crippen LogP contribution in [0.4, 0.5) is 13.2 Å². The third kappa shape index (κ3) is 3.37. The summed E-state index contributed by atoms with van der Waals surface area (Å²) in [6, 6.07) is 8.90. The number of carboxylic acid groups (broad SMARTS) is 1. The number of nitrogens with zero attached hydrogens (tertiary/aromatic N) is 2. The smallest absolute Gasteiger partial charge is 0.394 e. The highest BCUT2D eigenvalue weighted by molar-refractivity contribution is 7.13. The number of alkyl halides is 3. The summed E-state index contributed by atoms with van der Waals surface area (Å²) in [6.07, 6.45) is -4.68. The molecule has 132 valence electrons. The van der Waals surface area contributed by atoms with E-state index in [0.717, 1.165) is 10.5 Å². The van der Waals surface area contributed by atoms with E-state index in [1.54, 1.807) is 30.3 Å². The van der Waals surface area contributed by atoms with Crippen molar-refractivity contribution in [2.24, 2.45) is 11.8 Å². The highest BCUT2D eigenvalue weighted by Gasteiger charge is 2.53. The summed E-state index contributed by atoms with van der Waals surface area (Å²) < 4.78 is 39.2. The number of carbonyl (C=O) groups excluding carboxylic acids is 1. The summed E-state index contributed by atoms with van der Waals surface area (Å²) >= 11 is 1.21. The Balaban J connectivity index is 1.88. The number of halogens is 3. The maximum atomic E-state index is 13.1. The topological polar surface area (TPSA) is 70.5 Å². The van der Waals surface area contributed by atoms with Gasteiger partial charge in [0.05, 0.1) is 22.2 Å². The lowest BCUT2D eigenvalue weighted by atomic mass is 9.96. The van der Waals surface area contributed by atoms with Gasteiger partial charge in [0.15, 0.2) is 0 Å². The molecular weight excluding hydrogens is 357 g/mol. The van der Waals surface area contributed by atoms with Crippen LogP contribution >= 0.6 is 11.3 Å². The molecule has 1 aliphatic heterocycles. The van der Waals surface area contributed by atoms with E-state index in [1.165, 1.54) is 16.8 Å². The van der Waals surface area contributed by atoms with Crippen LogP contribution in [0.15, 0.2) is 35.8 Å². The maximum Gasteiger partial charge on any atom is 0.394 e. The van der Waals surface area contributed by atoms with Gasteiger partial charge in [-0.3, -0.25) is 9.59 Å². The largest absolute Gasteiger partial charge is 0.481 e. The summed E-state index contributed by atoms with van der Waals surface area (Å²) in [5.74, 6) is -5.98. The molecule has 25 heavy (non-hydrogen) atoms. The first-order chi connectivity index (χ1) is 11.8. The fourth-order valence-electron chi connectivity index (χ4n) is 2.89. The van der Waals surface area contributed by atoms with E-state index in [9.17, 15) is 22.8 Å². The van der Waals surface area contributed by atoms with Gasteiger partial charge in [0.25, 0.3) is 5.91 Å². The van der Waals surface area contributed by atoms with E-state index in [4.69, 9.17) is 5.11 Å². The van der Waals surface area contributed by atoms with Crippen LogP contribution in [0, 0.1) is 11.8 Å². The van der Waals surface area contributed by atoms with Crippen LogP contribution in [-0.2, 0) is 4.79 Å². The maximum absolute atomic E-state index is 13.1. The fraction of sp³-hybridized carbons (Fsp3) is 0.312. The molecule has 1 saturated heterocycles. The molecule has 2 heterocycles. The third-order valence-corrected chi connectivity index (χ3v) is 5.03. The van der Waals surface area contributed by atoms with Crippen LogP contribution < -0.4 is 0 Å². The molecule has 2 aromatic rings. The number of benzene rings is 1. The zero-order valence-corrected chi connectivity index (χ0v) is 13.5. The van der Waals surface area contributed by atoms with Gasteiger partial charge in [-0.1, -0.05) is 30.3 Å². The number of aliphatic carboxylic acids is 1. The first kappa shape index (κ1) is 17.4. The van der Waals surface area contributed by atoms with Gasteiger partial charge in [-0.05, 0) is 5.56 Å². The Morgan fingerprint density at radius 2 is 1.88 bits per heavy atom. The number of aromatic nitrogens is 1. The van der Waals surface area contributed by atoms with Crippen LogP contribution in [-0.4, -0.2) is 46.1 Å². The van der Waals surface area contributed by atoms with Gasteiger partial charge in [-0.25, -0.2) is 4.98 Å². The molecule has 0 unspecified atom stereocenters. The minimum absolute atomic E-state index is 0.0446. The second-order valence-electron chi connectivity index (χ2n) is 5.70. The van der Waals surface area contributed by atoms with E-state index in [0.29, 0.717) is 4.88 Å². The minimum atomic E-state index is -4.68. The van der Waals surface area contributed by atoms with Crippen molar-refractivity contribution in [3.05, 3.63) is 41.5 Å². The van der Waals surface area contributed by atoms with Gasteiger partial charge >= 0.3 is 12.1 Å². The molecule has 1 fully saturated rings. The summed E-state index contributed by atoms with van der Waals surface area (Å²) in [5.41, 5.74) is 2.22. The van der Waals surface area contributed by atoms with E-state index in [-0.39, 0.29) is 5.69 Å². The average Bonchev–Trinajstić information content (AvgIpc) is 3.22. The van der Waals surface area contributed by atoms with Gasteiger partial charge in [0, 0.05) is 13.1 Å². The van der Waals surface area contributed by atoms with Crippen molar-refractivity contribution in [1.29, 1.82) is 0 Å². The lowest BCUT2D eigenvalue weighted by Gasteiger charge is -2.18. The van der Waals surface area contributed by atoms with Crippen molar-refractivity contribution in [2.75, 3.05) is 13.1 Å². The highest BCUT2D eigenvalue weighted by Crippen LogP contribution is 2.39. The van der Waals surface area contributed by atoms with Gasteiger partial charge < -0.3 is 10.0 Å². The molecule has 2 atom stereocenters. The molecule has 0 spiro atoms. The van der Waals surface area contributed by atoms with E-state index in [2.05, 4.69) is 4.98 Å². The quantitative estimate of drug-likeness (QED) is 0.901. The summed E-state index contributed by atoms with van der Waals surface area (Å²) in [5, 5.41) is 9.06. The lowest BCUT2D eigenvalue weighted by Crippen LogP contribution is -2.34. The zero-order chi connectivity index (χ0) is 18.2. The molecule has 0 bridgehead atoms.